The highest BCUT2D eigenvalue weighted by Crippen LogP contribution is 2.50. The van der Waals surface area contributed by atoms with Crippen LogP contribution in [0.3, 0.4) is 0 Å². The van der Waals surface area contributed by atoms with Crippen LogP contribution in [0.15, 0.2) is 24.4 Å². The lowest BCUT2D eigenvalue weighted by atomic mass is 9.96. The predicted octanol–water partition coefficient (Wildman–Crippen LogP) is 2.85. The Morgan fingerprint density at radius 1 is 1.40 bits per heavy atom. The van der Waals surface area contributed by atoms with E-state index in [0.29, 0.717) is 0 Å². The Morgan fingerprint density at radius 2 is 2.20 bits per heavy atom. The summed E-state index contributed by atoms with van der Waals surface area (Å²) in [6.45, 7) is 0.229. The van der Waals surface area contributed by atoms with Crippen molar-refractivity contribution in [2.45, 2.75) is 18.3 Å². The summed E-state index contributed by atoms with van der Waals surface area (Å²) in [6.07, 6.45) is 4.13. The number of nitrogens with one attached hydrogen (secondary N) is 1. The van der Waals surface area contributed by atoms with Crippen LogP contribution in [-0.2, 0) is 5.41 Å². The average molecular weight is 222 g/mol. The minimum absolute atomic E-state index is 0.00291. The second-order valence-electron chi connectivity index (χ2n) is 4.30. The van der Waals surface area contributed by atoms with Crippen molar-refractivity contribution >= 4 is 22.5 Å². The van der Waals surface area contributed by atoms with E-state index in [1.807, 2.05) is 18.3 Å². The van der Waals surface area contributed by atoms with Gasteiger partial charge in [-0.2, -0.15) is 0 Å². The predicted molar refractivity (Wildman–Crippen MR) is 61.3 cm³/mol. The second kappa shape index (κ2) is 3.00. The summed E-state index contributed by atoms with van der Waals surface area (Å²) in [5, 5.41) is 11.3. The number of hydrogen-bond donors (Lipinski definition) is 2. The standard InChI is InChI=1S/C12H12ClNO/c13-10-3-1-2-8-9(6-14-11(8)10)12(7-15)4-5-12/h1-3,6,14-15H,4-5,7H2. The topological polar surface area (TPSA) is 36.0 Å². The van der Waals surface area contributed by atoms with Gasteiger partial charge in [0.05, 0.1) is 17.1 Å². The molecule has 15 heavy (non-hydrogen) atoms. The molecule has 1 aliphatic rings. The van der Waals surface area contributed by atoms with E-state index in [2.05, 4.69) is 11.1 Å². The van der Waals surface area contributed by atoms with E-state index in [1.165, 1.54) is 5.56 Å². The largest absolute Gasteiger partial charge is 0.395 e. The molecule has 3 rings (SSSR count). The molecule has 2 N–H and O–H groups in total. The van der Waals surface area contributed by atoms with Crippen molar-refractivity contribution in [2.24, 2.45) is 0 Å². The summed E-state index contributed by atoms with van der Waals surface area (Å²) in [5.74, 6) is 0. The minimum Gasteiger partial charge on any atom is -0.395 e. The summed E-state index contributed by atoms with van der Waals surface area (Å²) in [7, 11) is 0. The normalized spacial score (nSPS) is 18.3. The highest BCUT2D eigenvalue weighted by atomic mass is 35.5. The molecule has 0 atom stereocenters. The fourth-order valence-electron chi connectivity index (χ4n) is 2.22. The Labute approximate surface area is 92.9 Å². The smallest absolute Gasteiger partial charge is 0.0647 e. The van der Waals surface area contributed by atoms with Crippen molar-refractivity contribution in [3.8, 4) is 0 Å². The van der Waals surface area contributed by atoms with Gasteiger partial charge in [-0.1, -0.05) is 23.7 Å². The van der Waals surface area contributed by atoms with Crippen LogP contribution in [0.1, 0.15) is 18.4 Å². The number of fused-ring (bicyclic) bond motifs is 1. The van der Waals surface area contributed by atoms with Crippen LogP contribution in [0.2, 0.25) is 5.02 Å². The van der Waals surface area contributed by atoms with Crippen LogP contribution < -0.4 is 0 Å². The molecular weight excluding hydrogens is 210 g/mol. The van der Waals surface area contributed by atoms with E-state index in [1.54, 1.807) is 0 Å². The number of aliphatic hydroxyl groups excluding tert-OH is 1. The lowest BCUT2D eigenvalue weighted by Gasteiger charge is -2.09. The van der Waals surface area contributed by atoms with Crippen molar-refractivity contribution < 1.29 is 5.11 Å². The maximum absolute atomic E-state index is 9.41. The molecule has 2 aromatic rings. The van der Waals surface area contributed by atoms with Crippen LogP contribution in [-0.4, -0.2) is 16.7 Å². The molecule has 0 amide bonds. The highest BCUT2D eigenvalue weighted by Gasteiger charge is 2.45. The van der Waals surface area contributed by atoms with Gasteiger partial charge in [0.1, 0.15) is 0 Å². The first kappa shape index (κ1) is 9.25. The molecule has 3 heteroatoms. The molecule has 0 spiro atoms. The molecule has 0 saturated heterocycles. The van der Waals surface area contributed by atoms with E-state index >= 15 is 0 Å². The Hall–Kier alpha value is -0.990. The molecule has 1 fully saturated rings. The number of halogens is 1. The number of H-pyrrole nitrogens is 1. The lowest BCUT2D eigenvalue weighted by molar-refractivity contribution is 0.256. The summed E-state index contributed by atoms with van der Waals surface area (Å²) in [6, 6.07) is 5.89. The van der Waals surface area contributed by atoms with Crippen molar-refractivity contribution in [1.29, 1.82) is 0 Å². The van der Waals surface area contributed by atoms with Gasteiger partial charge in [-0.3, -0.25) is 0 Å². The minimum atomic E-state index is 0.00291. The SMILES string of the molecule is OCC1(c2c[nH]c3c(Cl)cccc23)CC1. The zero-order valence-corrected chi connectivity index (χ0v) is 9.01. The zero-order chi connectivity index (χ0) is 10.5. The number of aliphatic hydroxyl groups is 1. The van der Waals surface area contributed by atoms with Gasteiger partial charge in [-0.15, -0.1) is 0 Å². The van der Waals surface area contributed by atoms with Gasteiger partial charge in [0.2, 0.25) is 0 Å². The third kappa shape index (κ3) is 1.22. The van der Waals surface area contributed by atoms with Gasteiger partial charge < -0.3 is 10.1 Å². The molecule has 2 nitrogen and oxygen atoms in total. The van der Waals surface area contributed by atoms with Crippen molar-refractivity contribution in [3.05, 3.63) is 35.0 Å². The second-order valence-corrected chi connectivity index (χ2v) is 4.71. The van der Waals surface area contributed by atoms with Crippen LogP contribution in [0.25, 0.3) is 10.9 Å². The summed E-state index contributed by atoms with van der Waals surface area (Å²) in [5.41, 5.74) is 2.19. The van der Waals surface area contributed by atoms with Crippen LogP contribution in [0, 0.1) is 0 Å². The molecule has 1 aromatic heterocycles. The Morgan fingerprint density at radius 3 is 2.87 bits per heavy atom. The van der Waals surface area contributed by atoms with E-state index in [9.17, 15) is 5.11 Å². The van der Waals surface area contributed by atoms with Gasteiger partial charge in [-0.05, 0) is 24.5 Å². The first-order valence-corrected chi connectivity index (χ1v) is 5.52. The Kier molecular flexibility index (Phi) is 1.85. The Balaban J connectivity index is 2.25. The quantitative estimate of drug-likeness (QED) is 0.804. The van der Waals surface area contributed by atoms with Crippen LogP contribution >= 0.6 is 11.6 Å². The molecular formula is C12H12ClNO. The maximum Gasteiger partial charge on any atom is 0.0647 e. The highest BCUT2D eigenvalue weighted by molar-refractivity contribution is 6.35. The van der Waals surface area contributed by atoms with Crippen molar-refractivity contribution in [3.63, 3.8) is 0 Å². The number of aromatic nitrogens is 1. The average Bonchev–Trinajstić information content (AvgIpc) is 2.92. The number of rotatable bonds is 2. The third-order valence-corrected chi connectivity index (χ3v) is 3.71. The number of hydrogen-bond acceptors (Lipinski definition) is 1. The van der Waals surface area contributed by atoms with Crippen LogP contribution in [0.5, 0.6) is 0 Å². The van der Waals surface area contributed by atoms with E-state index in [-0.39, 0.29) is 12.0 Å². The van der Waals surface area contributed by atoms with E-state index < -0.39 is 0 Å². The lowest BCUT2D eigenvalue weighted by Crippen LogP contribution is -2.10. The van der Waals surface area contributed by atoms with E-state index in [4.69, 9.17) is 11.6 Å². The fourth-order valence-corrected chi connectivity index (χ4v) is 2.45. The maximum atomic E-state index is 9.41. The molecule has 1 saturated carbocycles. The Bertz CT molecular complexity index is 513. The van der Waals surface area contributed by atoms with Gasteiger partial charge in [0.25, 0.3) is 0 Å². The van der Waals surface area contributed by atoms with Crippen molar-refractivity contribution in [1.82, 2.24) is 4.98 Å². The molecule has 1 heterocycles. The van der Waals surface area contributed by atoms with Crippen LogP contribution in [0.4, 0.5) is 0 Å². The fraction of sp³-hybridized carbons (Fsp3) is 0.333. The van der Waals surface area contributed by atoms with E-state index in [0.717, 1.165) is 28.8 Å². The first-order chi connectivity index (χ1) is 7.27. The monoisotopic (exact) mass is 221 g/mol. The summed E-state index contributed by atoms with van der Waals surface area (Å²) < 4.78 is 0. The van der Waals surface area contributed by atoms with Gasteiger partial charge in [-0.25, -0.2) is 0 Å². The molecule has 1 aliphatic carbocycles. The molecule has 78 valence electrons. The number of aromatic amines is 1. The first-order valence-electron chi connectivity index (χ1n) is 5.14. The van der Waals surface area contributed by atoms with Gasteiger partial charge in [0.15, 0.2) is 0 Å². The molecule has 0 radical (unpaired) electrons. The van der Waals surface area contributed by atoms with Crippen molar-refractivity contribution in [2.75, 3.05) is 6.61 Å². The zero-order valence-electron chi connectivity index (χ0n) is 8.26. The third-order valence-electron chi connectivity index (χ3n) is 3.39. The molecule has 1 aromatic carbocycles. The van der Waals surface area contributed by atoms with Gasteiger partial charge in [0, 0.05) is 17.0 Å². The number of benzene rings is 1. The molecule has 0 unspecified atom stereocenters. The summed E-state index contributed by atoms with van der Waals surface area (Å²) in [4.78, 5) is 3.19. The summed E-state index contributed by atoms with van der Waals surface area (Å²) >= 11 is 6.09. The molecule has 0 aliphatic heterocycles. The number of para-hydroxylation sites is 1. The molecule has 0 bridgehead atoms. The van der Waals surface area contributed by atoms with Gasteiger partial charge >= 0.3 is 0 Å².